The second kappa shape index (κ2) is 6.24. The zero-order valence-corrected chi connectivity index (χ0v) is 12.8. The topological polar surface area (TPSA) is 48.5 Å². The number of nitrogens with zero attached hydrogens (tertiary/aromatic N) is 3. The Morgan fingerprint density at radius 1 is 1.19 bits per heavy atom. The Labute approximate surface area is 128 Å². The van der Waals surface area contributed by atoms with Crippen molar-refractivity contribution in [3.8, 4) is 0 Å². The molecule has 1 saturated heterocycles. The van der Waals surface area contributed by atoms with Gasteiger partial charge in [-0.1, -0.05) is 0 Å². The Morgan fingerprint density at radius 3 is 2.52 bits per heavy atom. The van der Waals surface area contributed by atoms with Gasteiger partial charge in [-0.05, 0) is 31.3 Å². The monoisotopic (exact) mass is 302 g/mol. The molecule has 0 spiro atoms. The Morgan fingerprint density at radius 2 is 1.90 bits per heavy atom. The molecule has 0 saturated carbocycles. The first kappa shape index (κ1) is 14.0. The van der Waals surface area contributed by atoms with Gasteiger partial charge in [0, 0.05) is 49.1 Å². The highest BCUT2D eigenvalue weighted by molar-refractivity contribution is 7.11. The molecule has 0 atom stereocenters. The summed E-state index contributed by atoms with van der Waals surface area (Å²) in [5.41, 5.74) is 2.00. The number of amides is 1. The van der Waals surface area contributed by atoms with Gasteiger partial charge in [-0.15, -0.1) is 11.3 Å². The van der Waals surface area contributed by atoms with Crippen molar-refractivity contribution in [2.75, 3.05) is 43.4 Å². The van der Waals surface area contributed by atoms with Crippen molar-refractivity contribution in [1.29, 1.82) is 0 Å². The average molecular weight is 302 g/mol. The molecule has 1 aliphatic heterocycles. The van der Waals surface area contributed by atoms with Crippen LogP contribution < -0.4 is 10.2 Å². The Kier molecular flexibility index (Phi) is 4.17. The van der Waals surface area contributed by atoms with E-state index in [0.717, 1.165) is 31.9 Å². The van der Waals surface area contributed by atoms with Crippen molar-refractivity contribution < 1.29 is 4.79 Å². The van der Waals surface area contributed by atoms with Crippen molar-refractivity contribution >= 4 is 28.6 Å². The van der Waals surface area contributed by atoms with Gasteiger partial charge in [0.05, 0.1) is 0 Å². The van der Waals surface area contributed by atoms with Gasteiger partial charge in [0.1, 0.15) is 0 Å². The first-order chi connectivity index (χ1) is 10.2. The lowest BCUT2D eigenvalue weighted by atomic mass is 10.2. The maximum absolute atomic E-state index is 11.9. The summed E-state index contributed by atoms with van der Waals surface area (Å²) in [6, 6.07) is 8.00. The lowest BCUT2D eigenvalue weighted by Gasteiger charge is -2.34. The average Bonchev–Trinajstić information content (AvgIpc) is 3.03. The number of hydrogen-bond donors (Lipinski definition) is 1. The Balaban J connectivity index is 1.63. The van der Waals surface area contributed by atoms with Crippen molar-refractivity contribution in [2.45, 2.75) is 0 Å². The fraction of sp³-hybridized carbons (Fsp3) is 0.333. The van der Waals surface area contributed by atoms with Gasteiger partial charge in [0.25, 0.3) is 5.91 Å². The van der Waals surface area contributed by atoms with Crippen LogP contribution in [0.4, 0.5) is 11.4 Å². The summed E-state index contributed by atoms with van der Waals surface area (Å²) in [7, 11) is 2.15. The predicted molar refractivity (Wildman–Crippen MR) is 86.2 cm³/mol. The molecule has 6 heteroatoms. The van der Waals surface area contributed by atoms with E-state index in [-0.39, 0.29) is 5.91 Å². The molecule has 1 N–H and O–H groups in total. The van der Waals surface area contributed by atoms with Gasteiger partial charge >= 0.3 is 0 Å². The van der Waals surface area contributed by atoms with Crippen molar-refractivity contribution in [3.05, 3.63) is 40.8 Å². The zero-order valence-electron chi connectivity index (χ0n) is 12.0. The fourth-order valence-electron chi connectivity index (χ4n) is 2.34. The molecule has 3 rings (SSSR count). The third kappa shape index (κ3) is 3.40. The van der Waals surface area contributed by atoms with Gasteiger partial charge in [-0.25, -0.2) is 4.98 Å². The van der Waals surface area contributed by atoms with Crippen LogP contribution in [0.3, 0.4) is 0 Å². The molecule has 1 aromatic heterocycles. The van der Waals surface area contributed by atoms with Crippen LogP contribution in [-0.4, -0.2) is 49.0 Å². The van der Waals surface area contributed by atoms with Crippen LogP contribution in [0.5, 0.6) is 0 Å². The highest BCUT2D eigenvalue weighted by Gasteiger charge is 2.14. The molecule has 0 radical (unpaired) electrons. The smallest absolute Gasteiger partial charge is 0.284 e. The van der Waals surface area contributed by atoms with Gasteiger partial charge in [0.15, 0.2) is 5.01 Å². The van der Waals surface area contributed by atoms with Crippen molar-refractivity contribution in [3.63, 3.8) is 0 Å². The van der Waals surface area contributed by atoms with Crippen LogP contribution in [0.1, 0.15) is 9.80 Å². The first-order valence-corrected chi connectivity index (χ1v) is 7.85. The molecule has 5 nitrogen and oxygen atoms in total. The normalized spacial score (nSPS) is 16.0. The SMILES string of the molecule is CN1CCN(c2ccc(NC(=O)c3nccs3)cc2)CC1. The number of rotatable bonds is 3. The van der Waals surface area contributed by atoms with E-state index in [9.17, 15) is 4.79 Å². The minimum absolute atomic E-state index is 0.155. The van der Waals surface area contributed by atoms with E-state index < -0.39 is 0 Å². The first-order valence-electron chi connectivity index (χ1n) is 6.97. The summed E-state index contributed by atoms with van der Waals surface area (Å²) in [5.74, 6) is -0.155. The third-order valence-corrected chi connectivity index (χ3v) is 4.39. The van der Waals surface area contributed by atoms with Crippen molar-refractivity contribution in [1.82, 2.24) is 9.88 Å². The molecule has 1 aliphatic rings. The Bertz CT molecular complexity index is 589. The maximum Gasteiger partial charge on any atom is 0.284 e. The minimum atomic E-state index is -0.155. The molecule has 1 amide bonds. The molecule has 2 aromatic rings. The second-order valence-electron chi connectivity index (χ2n) is 5.13. The van der Waals surface area contributed by atoms with Crippen LogP contribution in [0.25, 0.3) is 0 Å². The van der Waals surface area contributed by atoms with E-state index in [0.29, 0.717) is 5.01 Å². The predicted octanol–water partition coefficient (Wildman–Crippen LogP) is 2.15. The van der Waals surface area contributed by atoms with Gasteiger partial charge < -0.3 is 15.1 Å². The molecular weight excluding hydrogens is 284 g/mol. The number of aromatic nitrogens is 1. The molecule has 0 bridgehead atoms. The molecular formula is C15H18N4OS. The molecule has 21 heavy (non-hydrogen) atoms. The molecule has 0 unspecified atom stereocenters. The summed E-state index contributed by atoms with van der Waals surface area (Å²) in [6.07, 6.45) is 1.63. The highest BCUT2D eigenvalue weighted by atomic mass is 32.1. The number of nitrogens with one attached hydrogen (secondary N) is 1. The van der Waals surface area contributed by atoms with Gasteiger partial charge in [-0.2, -0.15) is 0 Å². The van der Waals surface area contributed by atoms with Crippen LogP contribution in [-0.2, 0) is 0 Å². The Hall–Kier alpha value is -1.92. The van der Waals surface area contributed by atoms with Crippen LogP contribution in [0.15, 0.2) is 35.8 Å². The molecule has 1 aromatic carbocycles. The van der Waals surface area contributed by atoms with E-state index >= 15 is 0 Å². The lowest BCUT2D eigenvalue weighted by molar-refractivity contribution is 0.102. The molecule has 1 fully saturated rings. The summed E-state index contributed by atoms with van der Waals surface area (Å²) >= 11 is 1.34. The third-order valence-electron chi connectivity index (χ3n) is 3.62. The number of thiazole rings is 1. The molecule has 110 valence electrons. The summed E-state index contributed by atoms with van der Waals surface area (Å²) in [4.78, 5) is 20.6. The lowest BCUT2D eigenvalue weighted by Crippen LogP contribution is -2.44. The zero-order chi connectivity index (χ0) is 14.7. The van der Waals surface area contributed by atoms with Gasteiger partial charge in [0.2, 0.25) is 0 Å². The standard InChI is InChI=1S/C15H18N4OS/c1-18-7-9-19(10-8-18)13-4-2-12(3-5-13)17-14(20)15-16-6-11-21-15/h2-6,11H,7-10H2,1H3,(H,17,20). The van der Waals surface area contributed by atoms with E-state index in [4.69, 9.17) is 0 Å². The van der Waals surface area contributed by atoms with E-state index in [1.807, 2.05) is 12.1 Å². The summed E-state index contributed by atoms with van der Waals surface area (Å²) in [6.45, 7) is 4.26. The summed E-state index contributed by atoms with van der Waals surface area (Å²) < 4.78 is 0. The maximum atomic E-state index is 11.9. The number of hydrogen-bond acceptors (Lipinski definition) is 5. The van der Waals surface area contributed by atoms with Crippen LogP contribution >= 0.6 is 11.3 Å². The van der Waals surface area contributed by atoms with E-state index in [1.165, 1.54) is 17.0 Å². The minimum Gasteiger partial charge on any atom is -0.369 e. The molecule has 0 aliphatic carbocycles. The van der Waals surface area contributed by atoms with Gasteiger partial charge in [-0.3, -0.25) is 4.79 Å². The fourth-order valence-corrected chi connectivity index (χ4v) is 2.87. The van der Waals surface area contributed by atoms with Crippen molar-refractivity contribution in [2.24, 2.45) is 0 Å². The number of piperazine rings is 1. The highest BCUT2D eigenvalue weighted by Crippen LogP contribution is 2.20. The summed E-state index contributed by atoms with van der Waals surface area (Å²) in [5, 5.41) is 5.15. The van der Waals surface area contributed by atoms with E-state index in [1.54, 1.807) is 11.6 Å². The van der Waals surface area contributed by atoms with Crippen LogP contribution in [0.2, 0.25) is 0 Å². The number of carbonyl (C=O) groups excluding carboxylic acids is 1. The second-order valence-corrected chi connectivity index (χ2v) is 6.02. The number of carbonyl (C=O) groups is 1. The quantitative estimate of drug-likeness (QED) is 0.944. The molecule has 2 heterocycles. The van der Waals surface area contributed by atoms with E-state index in [2.05, 4.69) is 39.3 Å². The number of anilines is 2. The number of likely N-dealkylation sites (N-methyl/N-ethyl adjacent to an activating group) is 1. The largest absolute Gasteiger partial charge is 0.369 e. The van der Waals surface area contributed by atoms with Crippen LogP contribution in [0, 0.1) is 0 Å². The number of benzene rings is 1.